The fourth-order valence-electron chi connectivity index (χ4n) is 7.82. The van der Waals surface area contributed by atoms with E-state index in [4.69, 9.17) is 15.2 Å². The van der Waals surface area contributed by atoms with Gasteiger partial charge in [-0.1, -0.05) is 173 Å². The van der Waals surface area contributed by atoms with Crippen molar-refractivity contribution in [2.75, 3.05) is 23.4 Å². The van der Waals surface area contributed by atoms with Crippen molar-refractivity contribution in [2.45, 2.75) is 242 Å². The summed E-state index contributed by atoms with van der Waals surface area (Å²) >= 11 is 1.28. The fraction of sp³-hybridized carbons (Fsp3) is 0.891. The molecule has 16 heteroatoms. The fourth-order valence-corrected chi connectivity index (χ4v) is 8.79. The summed E-state index contributed by atoms with van der Waals surface area (Å²) in [6.45, 7) is 4.40. The van der Waals surface area contributed by atoms with Crippen LogP contribution in [0.15, 0.2) is 6.20 Å². The van der Waals surface area contributed by atoms with Gasteiger partial charge in [-0.15, -0.1) is 5.10 Å². The van der Waals surface area contributed by atoms with Crippen LogP contribution in [0.1, 0.15) is 200 Å². The highest BCUT2D eigenvalue weighted by molar-refractivity contribution is 7.99. The molecular weight excluding hydrogens is 815 g/mol. The van der Waals surface area contributed by atoms with Gasteiger partial charge < -0.3 is 46.1 Å². The Kier molecular flexibility index (Phi) is 31.5. The first-order chi connectivity index (χ1) is 30.0. The second-order valence-corrected chi connectivity index (χ2v) is 18.5. The van der Waals surface area contributed by atoms with Crippen LogP contribution in [0.4, 0.5) is 5.82 Å². The van der Waals surface area contributed by atoms with Crippen molar-refractivity contribution in [1.82, 2.24) is 15.0 Å². The third kappa shape index (κ3) is 24.1. The highest BCUT2D eigenvalue weighted by atomic mass is 32.2. The number of amides is 1. The number of anilines is 1. The summed E-state index contributed by atoms with van der Waals surface area (Å²) in [4.78, 5) is 38.5. The smallest absolute Gasteiger partial charge is 0.306 e. The van der Waals surface area contributed by atoms with Crippen molar-refractivity contribution in [3.05, 3.63) is 6.20 Å². The van der Waals surface area contributed by atoms with E-state index in [0.29, 0.717) is 6.42 Å². The van der Waals surface area contributed by atoms with Crippen LogP contribution in [0.3, 0.4) is 0 Å². The van der Waals surface area contributed by atoms with Crippen molar-refractivity contribution < 1.29 is 49.4 Å². The number of hydrogen-bond acceptors (Lipinski definition) is 14. The molecule has 0 aliphatic heterocycles. The van der Waals surface area contributed by atoms with E-state index in [-0.39, 0.29) is 42.3 Å². The molecule has 6 atom stereocenters. The van der Waals surface area contributed by atoms with Gasteiger partial charge in [0.25, 0.3) is 0 Å². The molecule has 1 heterocycles. The summed E-state index contributed by atoms with van der Waals surface area (Å²) in [7, 11) is 0. The highest BCUT2D eigenvalue weighted by Crippen LogP contribution is 2.30. The summed E-state index contributed by atoms with van der Waals surface area (Å²) in [5.41, 5.74) is 6.17. The van der Waals surface area contributed by atoms with Crippen LogP contribution in [-0.4, -0.2) is 119 Å². The second kappa shape index (κ2) is 35.0. The molecule has 1 amide bonds. The first-order valence-corrected chi connectivity index (χ1v) is 25.5. The molecule has 1 fully saturated rings. The molecular formula is C46H85N5O10S. The Balaban J connectivity index is 1.76. The lowest BCUT2D eigenvalue weighted by Gasteiger charge is -2.41. The number of aliphatic hydroxyl groups excluding tert-OH is 5. The van der Waals surface area contributed by atoms with Crippen LogP contribution < -0.4 is 11.1 Å². The molecule has 0 bridgehead atoms. The third-order valence-electron chi connectivity index (χ3n) is 11.8. The Morgan fingerprint density at radius 3 is 1.48 bits per heavy atom. The van der Waals surface area contributed by atoms with Crippen LogP contribution in [0.25, 0.3) is 0 Å². The van der Waals surface area contributed by atoms with E-state index in [9.17, 15) is 39.9 Å². The normalized spacial score (nSPS) is 21.1. The van der Waals surface area contributed by atoms with Gasteiger partial charge in [0.15, 0.2) is 5.82 Å². The topological polar surface area (TPSA) is 240 Å². The molecule has 360 valence electrons. The molecule has 1 aliphatic rings. The lowest BCUT2D eigenvalue weighted by molar-refractivity contribution is -0.200. The molecule has 0 spiro atoms. The number of carbonyl (C=O) groups excluding carboxylic acids is 3. The number of nitrogens with two attached hydrogens (primary N) is 1. The standard InChI is InChI=1S/C46H85N5O10S/c1-3-5-7-9-11-13-15-17-19-21-23-25-27-29-38(52)60-32-35(61-39(53)30-28-26-24-22-20-18-16-14-12-10-8-6-4-2)33-62-34-36(47)46(59)48-37-31-51(50-49-37)40-41(54)43(56)45(58)44(57)42(40)55/h31,35-36,40-45,54-58H,3-30,32-34,47H2,1-2H3,(H,48,59)/t35-,36+,40?,41-,42-,43-,44-,45?/m1/s1. The number of aliphatic hydroxyl groups is 5. The van der Waals surface area contributed by atoms with Crippen LogP contribution in [-0.2, 0) is 23.9 Å². The zero-order valence-corrected chi connectivity index (χ0v) is 39.0. The van der Waals surface area contributed by atoms with Crippen LogP contribution in [0.2, 0.25) is 0 Å². The first kappa shape index (κ1) is 55.8. The van der Waals surface area contributed by atoms with Crippen molar-refractivity contribution >= 4 is 35.4 Å². The van der Waals surface area contributed by atoms with Gasteiger partial charge in [-0.25, -0.2) is 4.68 Å². The van der Waals surface area contributed by atoms with E-state index < -0.39 is 54.6 Å². The minimum atomic E-state index is -1.76. The quantitative estimate of drug-likeness (QED) is 0.0260. The molecule has 1 aromatic rings. The predicted molar refractivity (Wildman–Crippen MR) is 244 cm³/mol. The van der Waals surface area contributed by atoms with Crippen molar-refractivity contribution in [2.24, 2.45) is 5.73 Å². The molecule has 8 N–H and O–H groups in total. The highest BCUT2D eigenvalue weighted by Gasteiger charge is 2.49. The summed E-state index contributed by atoms with van der Waals surface area (Å²) in [5.74, 6) is -0.949. The summed E-state index contributed by atoms with van der Waals surface area (Å²) in [6.07, 6.45) is 23.9. The van der Waals surface area contributed by atoms with Gasteiger partial charge in [-0.05, 0) is 12.8 Å². The lowest BCUT2D eigenvalue weighted by Crippen LogP contribution is -2.61. The molecule has 15 nitrogen and oxygen atoms in total. The van der Waals surface area contributed by atoms with Crippen molar-refractivity contribution in [3.63, 3.8) is 0 Å². The molecule has 1 aromatic heterocycles. The minimum absolute atomic E-state index is 0.0552. The maximum atomic E-state index is 12.9. The molecule has 0 unspecified atom stereocenters. The number of thioether (sulfide) groups is 1. The Hall–Kier alpha value is -2.34. The van der Waals surface area contributed by atoms with Gasteiger partial charge >= 0.3 is 11.9 Å². The number of nitrogens with one attached hydrogen (secondary N) is 1. The zero-order chi connectivity index (χ0) is 45.4. The van der Waals surface area contributed by atoms with Gasteiger partial charge in [0.1, 0.15) is 49.3 Å². The third-order valence-corrected chi connectivity index (χ3v) is 13.0. The van der Waals surface area contributed by atoms with Crippen molar-refractivity contribution in [3.8, 4) is 0 Å². The van der Waals surface area contributed by atoms with Gasteiger partial charge in [0.05, 0.1) is 12.2 Å². The Morgan fingerprint density at radius 2 is 1.03 bits per heavy atom. The number of aromatic nitrogens is 3. The second-order valence-electron chi connectivity index (χ2n) is 17.4. The van der Waals surface area contributed by atoms with Gasteiger partial charge in [-0.2, -0.15) is 11.8 Å². The summed E-state index contributed by atoms with van der Waals surface area (Å²) < 4.78 is 12.3. The van der Waals surface area contributed by atoms with Crippen LogP contribution in [0.5, 0.6) is 0 Å². The number of unbranched alkanes of at least 4 members (excludes halogenated alkanes) is 24. The van der Waals surface area contributed by atoms with Gasteiger partial charge in [0, 0.05) is 24.3 Å². The number of hydrogen-bond donors (Lipinski definition) is 7. The SMILES string of the molecule is CCCCCCCCCCCCCCCC(=O)OC[C@H](CSC[C@H](N)C(=O)Nc1cn(C2[C@@H](O)[C@@H](O)C(O)[C@H](O)[C@@H]2O)nn1)OC(=O)CCCCCCCCCCCCCCC. The lowest BCUT2D eigenvalue weighted by atomic mass is 9.83. The maximum absolute atomic E-state index is 12.9. The van der Waals surface area contributed by atoms with E-state index in [1.54, 1.807) is 0 Å². The number of ether oxygens (including phenoxy) is 2. The van der Waals surface area contributed by atoms with E-state index in [0.717, 1.165) is 49.6 Å². The van der Waals surface area contributed by atoms with Crippen LogP contribution >= 0.6 is 11.8 Å². The number of nitrogens with zero attached hydrogens (tertiary/aromatic N) is 3. The molecule has 0 saturated heterocycles. The zero-order valence-electron chi connectivity index (χ0n) is 38.2. The number of esters is 2. The largest absolute Gasteiger partial charge is 0.462 e. The first-order valence-electron chi connectivity index (χ1n) is 24.3. The number of carbonyl (C=O) groups is 3. The molecule has 0 radical (unpaired) electrons. The minimum Gasteiger partial charge on any atom is -0.462 e. The molecule has 1 saturated carbocycles. The monoisotopic (exact) mass is 900 g/mol. The van der Waals surface area contributed by atoms with E-state index in [1.807, 2.05) is 0 Å². The number of rotatable bonds is 38. The van der Waals surface area contributed by atoms with Crippen molar-refractivity contribution in [1.29, 1.82) is 0 Å². The average molecular weight is 900 g/mol. The van der Waals surface area contributed by atoms with Gasteiger partial charge in [-0.3, -0.25) is 14.4 Å². The molecule has 0 aromatic carbocycles. The average Bonchev–Trinajstić information content (AvgIpc) is 3.71. The molecule has 62 heavy (non-hydrogen) atoms. The Bertz CT molecular complexity index is 1290. The van der Waals surface area contributed by atoms with E-state index in [2.05, 4.69) is 29.5 Å². The Labute approximate surface area is 376 Å². The predicted octanol–water partition coefficient (Wildman–Crippen LogP) is 7.05. The van der Waals surface area contributed by atoms with E-state index >= 15 is 0 Å². The maximum Gasteiger partial charge on any atom is 0.306 e. The van der Waals surface area contributed by atoms with Gasteiger partial charge in [0.2, 0.25) is 5.91 Å². The molecule has 2 rings (SSSR count). The Morgan fingerprint density at radius 1 is 0.629 bits per heavy atom. The summed E-state index contributed by atoms with van der Waals surface area (Å²) in [5, 5.41) is 60.9. The molecule has 1 aliphatic carbocycles. The van der Waals surface area contributed by atoms with E-state index in [1.165, 1.54) is 140 Å². The van der Waals surface area contributed by atoms with Crippen LogP contribution in [0, 0.1) is 0 Å². The summed E-state index contributed by atoms with van der Waals surface area (Å²) in [6, 6.07) is -2.37.